The Morgan fingerprint density at radius 2 is 1.85 bits per heavy atom. The molecule has 2 rings (SSSR count). The molecule has 140 valence electrons. The first-order valence-corrected chi connectivity index (χ1v) is 10.1. The van der Waals surface area contributed by atoms with E-state index in [9.17, 15) is 17.6 Å². The van der Waals surface area contributed by atoms with Crippen LogP contribution < -0.4 is 5.32 Å². The van der Waals surface area contributed by atoms with Crippen molar-refractivity contribution in [1.29, 1.82) is 0 Å². The monoisotopic (exact) mass is 378 g/mol. The Hall–Kier alpha value is -2.25. The highest BCUT2D eigenvalue weighted by Crippen LogP contribution is 2.17. The van der Waals surface area contributed by atoms with Gasteiger partial charge in [-0.05, 0) is 31.5 Å². The topological polar surface area (TPSA) is 66.5 Å². The highest BCUT2D eigenvalue weighted by atomic mass is 32.2. The van der Waals surface area contributed by atoms with E-state index in [4.69, 9.17) is 0 Å². The average molecular weight is 378 g/mol. The number of sulfonamides is 1. The van der Waals surface area contributed by atoms with E-state index < -0.39 is 15.8 Å². The van der Waals surface area contributed by atoms with Gasteiger partial charge in [-0.15, -0.1) is 0 Å². The van der Waals surface area contributed by atoms with Crippen molar-refractivity contribution in [1.82, 2.24) is 4.31 Å². The van der Waals surface area contributed by atoms with Gasteiger partial charge in [-0.2, -0.15) is 4.31 Å². The molecule has 0 atom stereocenters. The molecule has 0 unspecified atom stereocenters. The fourth-order valence-corrected chi connectivity index (χ4v) is 3.37. The molecule has 5 nitrogen and oxygen atoms in total. The normalized spacial score (nSPS) is 11.6. The number of nitrogens with zero attached hydrogens (tertiary/aromatic N) is 1. The van der Waals surface area contributed by atoms with E-state index in [1.807, 2.05) is 32.0 Å². The highest BCUT2D eigenvalue weighted by molar-refractivity contribution is 7.88. The number of aryl methyl sites for hydroxylation is 2. The second-order valence-electron chi connectivity index (χ2n) is 6.30. The molecule has 26 heavy (non-hydrogen) atoms. The molecule has 0 saturated heterocycles. The van der Waals surface area contributed by atoms with E-state index in [2.05, 4.69) is 5.32 Å². The van der Waals surface area contributed by atoms with Crippen molar-refractivity contribution in [2.45, 2.75) is 26.8 Å². The van der Waals surface area contributed by atoms with Crippen LogP contribution in [0.25, 0.3) is 0 Å². The van der Waals surface area contributed by atoms with Gasteiger partial charge in [0.05, 0.1) is 6.26 Å². The highest BCUT2D eigenvalue weighted by Gasteiger charge is 2.20. The molecule has 2 aromatic rings. The summed E-state index contributed by atoms with van der Waals surface area (Å²) in [6, 6.07) is 11.7. The minimum atomic E-state index is -3.58. The second-order valence-corrected chi connectivity index (χ2v) is 8.29. The van der Waals surface area contributed by atoms with E-state index in [0.29, 0.717) is 5.69 Å². The molecule has 1 N–H and O–H groups in total. The Morgan fingerprint density at radius 1 is 1.15 bits per heavy atom. The molecule has 2 aromatic carbocycles. The summed E-state index contributed by atoms with van der Waals surface area (Å²) in [5.41, 5.74) is 2.99. The minimum Gasteiger partial charge on any atom is -0.326 e. The van der Waals surface area contributed by atoms with E-state index in [-0.39, 0.29) is 31.0 Å². The maximum Gasteiger partial charge on any atom is 0.225 e. The van der Waals surface area contributed by atoms with Gasteiger partial charge in [0.2, 0.25) is 15.9 Å². The number of anilines is 1. The molecule has 0 aliphatic rings. The first-order chi connectivity index (χ1) is 12.2. The van der Waals surface area contributed by atoms with Crippen LogP contribution in [-0.2, 0) is 21.4 Å². The lowest BCUT2D eigenvalue weighted by Gasteiger charge is -2.20. The van der Waals surface area contributed by atoms with Crippen molar-refractivity contribution in [3.05, 3.63) is 65.0 Å². The second kappa shape index (κ2) is 8.42. The number of carbonyl (C=O) groups excluding carboxylic acids is 1. The van der Waals surface area contributed by atoms with Gasteiger partial charge in [-0.25, -0.2) is 12.8 Å². The fraction of sp³-hybridized carbons (Fsp3) is 0.316. The molecule has 0 fully saturated rings. The van der Waals surface area contributed by atoms with Crippen LogP contribution in [0.4, 0.5) is 10.1 Å². The standard InChI is InChI=1S/C19H23FN2O3S/c1-14-8-9-18(15(2)12-14)21-19(23)10-11-22(26(3,24)25)13-16-6-4-5-7-17(16)20/h4-9,12H,10-11,13H2,1-3H3,(H,21,23). The molecule has 1 amide bonds. The quantitative estimate of drug-likeness (QED) is 0.804. The molecule has 0 spiro atoms. The summed E-state index contributed by atoms with van der Waals surface area (Å²) >= 11 is 0. The van der Waals surface area contributed by atoms with Gasteiger partial charge >= 0.3 is 0 Å². The van der Waals surface area contributed by atoms with Gasteiger partial charge < -0.3 is 5.32 Å². The van der Waals surface area contributed by atoms with Crippen molar-refractivity contribution < 1.29 is 17.6 Å². The number of hydrogen-bond donors (Lipinski definition) is 1. The van der Waals surface area contributed by atoms with Gasteiger partial charge in [0, 0.05) is 30.8 Å². The molecule has 0 aliphatic carbocycles. The Kier molecular flexibility index (Phi) is 6.50. The Morgan fingerprint density at radius 3 is 2.46 bits per heavy atom. The summed E-state index contributed by atoms with van der Waals surface area (Å²) in [5.74, 6) is -0.764. The van der Waals surface area contributed by atoms with E-state index in [0.717, 1.165) is 21.7 Å². The van der Waals surface area contributed by atoms with Crippen LogP contribution in [-0.4, -0.2) is 31.4 Å². The SMILES string of the molecule is Cc1ccc(NC(=O)CCN(Cc2ccccc2F)S(C)(=O)=O)c(C)c1. The smallest absolute Gasteiger partial charge is 0.225 e. The first kappa shape index (κ1) is 20.1. The predicted octanol–water partition coefficient (Wildman–Crippen LogP) is 3.23. The molecule has 0 radical (unpaired) electrons. The molecule has 0 aromatic heterocycles. The molecule has 0 aliphatic heterocycles. The summed E-state index contributed by atoms with van der Waals surface area (Å²) in [4.78, 5) is 12.2. The summed E-state index contributed by atoms with van der Waals surface area (Å²) in [6.07, 6.45) is 1.03. The third-order valence-electron chi connectivity index (χ3n) is 4.02. The number of halogens is 1. The lowest BCUT2D eigenvalue weighted by Crippen LogP contribution is -2.33. The van der Waals surface area contributed by atoms with Gasteiger partial charge in [0.15, 0.2) is 0 Å². The number of rotatable bonds is 7. The molecule has 7 heteroatoms. The lowest BCUT2D eigenvalue weighted by molar-refractivity contribution is -0.116. The van der Waals surface area contributed by atoms with Crippen LogP contribution in [0.2, 0.25) is 0 Å². The van der Waals surface area contributed by atoms with Crippen molar-refractivity contribution >= 4 is 21.6 Å². The maximum atomic E-state index is 13.8. The Labute approximate surface area is 153 Å². The minimum absolute atomic E-state index is 0.0190. The van der Waals surface area contributed by atoms with Crippen LogP contribution in [0.3, 0.4) is 0 Å². The summed E-state index contributed by atoms with van der Waals surface area (Å²) < 4.78 is 38.9. The van der Waals surface area contributed by atoms with Crippen LogP contribution in [0.15, 0.2) is 42.5 Å². The zero-order valence-electron chi connectivity index (χ0n) is 15.1. The molecular formula is C19H23FN2O3S. The average Bonchev–Trinajstić information content (AvgIpc) is 2.54. The zero-order chi connectivity index (χ0) is 19.3. The third-order valence-corrected chi connectivity index (χ3v) is 5.27. The number of benzene rings is 2. The third kappa shape index (κ3) is 5.64. The maximum absolute atomic E-state index is 13.8. The Bertz CT molecular complexity index is 897. The molecule has 0 saturated carbocycles. The molecule has 0 heterocycles. The first-order valence-electron chi connectivity index (χ1n) is 8.22. The summed E-state index contributed by atoms with van der Waals surface area (Å²) in [5, 5.41) is 2.78. The van der Waals surface area contributed by atoms with Crippen molar-refractivity contribution in [3.63, 3.8) is 0 Å². The van der Waals surface area contributed by atoms with Gasteiger partial charge in [0.1, 0.15) is 5.82 Å². The van der Waals surface area contributed by atoms with Crippen molar-refractivity contribution in [3.8, 4) is 0 Å². The number of amides is 1. The number of hydrogen-bond acceptors (Lipinski definition) is 3. The van der Waals surface area contributed by atoms with Gasteiger partial charge in [0.25, 0.3) is 0 Å². The number of carbonyl (C=O) groups is 1. The summed E-state index contributed by atoms with van der Waals surface area (Å²) in [7, 11) is -3.58. The largest absolute Gasteiger partial charge is 0.326 e. The van der Waals surface area contributed by atoms with Gasteiger partial charge in [-0.1, -0.05) is 35.9 Å². The molecular weight excluding hydrogens is 355 g/mol. The van der Waals surface area contributed by atoms with Crippen LogP contribution in [0.5, 0.6) is 0 Å². The predicted molar refractivity (Wildman–Crippen MR) is 101 cm³/mol. The van der Waals surface area contributed by atoms with Crippen LogP contribution in [0, 0.1) is 19.7 Å². The number of nitrogens with one attached hydrogen (secondary N) is 1. The fourth-order valence-electron chi connectivity index (χ4n) is 2.57. The van der Waals surface area contributed by atoms with Crippen molar-refractivity contribution in [2.75, 3.05) is 18.1 Å². The Balaban J connectivity index is 2.03. The zero-order valence-corrected chi connectivity index (χ0v) is 15.9. The van der Waals surface area contributed by atoms with E-state index in [1.165, 1.54) is 12.1 Å². The lowest BCUT2D eigenvalue weighted by atomic mass is 10.1. The molecule has 0 bridgehead atoms. The van der Waals surface area contributed by atoms with Crippen molar-refractivity contribution in [2.24, 2.45) is 0 Å². The van der Waals surface area contributed by atoms with E-state index in [1.54, 1.807) is 12.1 Å². The van der Waals surface area contributed by atoms with E-state index >= 15 is 0 Å². The van der Waals surface area contributed by atoms with Crippen LogP contribution in [0.1, 0.15) is 23.1 Å². The summed E-state index contributed by atoms with van der Waals surface area (Å²) in [6.45, 7) is 3.72. The van der Waals surface area contributed by atoms with Crippen LogP contribution >= 0.6 is 0 Å². The van der Waals surface area contributed by atoms with Gasteiger partial charge in [-0.3, -0.25) is 4.79 Å².